The molecule has 2 N–H and O–H groups in total. The zero-order valence-corrected chi connectivity index (χ0v) is 19.3. The van der Waals surface area contributed by atoms with E-state index in [9.17, 15) is 0 Å². The lowest BCUT2D eigenvalue weighted by Gasteiger charge is -2.27. The minimum Gasteiger partial charge on any atom is -0.369 e. The smallest absolute Gasteiger partial charge is 0.191 e. The van der Waals surface area contributed by atoms with Crippen LogP contribution in [0, 0.1) is 0 Å². The van der Waals surface area contributed by atoms with Crippen LogP contribution in [-0.4, -0.2) is 57.7 Å². The van der Waals surface area contributed by atoms with Crippen molar-refractivity contribution in [2.75, 3.05) is 45.7 Å². The van der Waals surface area contributed by atoms with Gasteiger partial charge in [-0.2, -0.15) is 0 Å². The summed E-state index contributed by atoms with van der Waals surface area (Å²) in [7, 11) is 6.07. The fourth-order valence-corrected chi connectivity index (χ4v) is 3.61. The van der Waals surface area contributed by atoms with Gasteiger partial charge < -0.3 is 20.4 Å². The third-order valence-electron chi connectivity index (χ3n) is 5.14. The molecule has 0 aromatic heterocycles. The summed E-state index contributed by atoms with van der Waals surface area (Å²) in [5.74, 6) is 0.873. The minimum atomic E-state index is 0. The Bertz CT molecular complexity index is 720. The number of hydrogen-bond acceptors (Lipinski definition) is 3. The Kier molecular flexibility index (Phi) is 9.05. The van der Waals surface area contributed by atoms with E-state index in [4.69, 9.17) is 0 Å². The van der Waals surface area contributed by atoms with Crippen LogP contribution < -0.4 is 15.5 Å². The second-order valence-electron chi connectivity index (χ2n) is 7.25. The van der Waals surface area contributed by atoms with Gasteiger partial charge in [0.25, 0.3) is 0 Å². The first kappa shape index (κ1) is 22.5. The summed E-state index contributed by atoms with van der Waals surface area (Å²) in [6.07, 6.45) is 1.12. The lowest BCUT2D eigenvalue weighted by atomic mass is 10.1. The van der Waals surface area contributed by atoms with E-state index >= 15 is 0 Å². The fourth-order valence-electron chi connectivity index (χ4n) is 3.61. The van der Waals surface area contributed by atoms with Crippen molar-refractivity contribution in [1.82, 2.24) is 15.5 Å². The van der Waals surface area contributed by atoms with E-state index in [0.717, 1.165) is 32.0 Å². The quantitative estimate of drug-likeness (QED) is 0.368. The maximum Gasteiger partial charge on any atom is 0.191 e. The number of benzene rings is 2. The predicted molar refractivity (Wildman–Crippen MR) is 130 cm³/mol. The van der Waals surface area contributed by atoms with Gasteiger partial charge in [0.15, 0.2) is 5.96 Å². The van der Waals surface area contributed by atoms with Crippen LogP contribution in [0.25, 0.3) is 0 Å². The highest BCUT2D eigenvalue weighted by molar-refractivity contribution is 14.0. The molecule has 2 atom stereocenters. The van der Waals surface area contributed by atoms with Crippen molar-refractivity contribution in [1.29, 1.82) is 0 Å². The van der Waals surface area contributed by atoms with Crippen LogP contribution in [0.4, 0.5) is 5.69 Å². The molecule has 1 heterocycles. The summed E-state index contributed by atoms with van der Waals surface area (Å²) in [5, 5.41) is 7.10. The largest absolute Gasteiger partial charge is 0.369 e. The fraction of sp³-hybridized carbons (Fsp3) is 0.409. The number of anilines is 1. The molecule has 0 aliphatic carbocycles. The van der Waals surface area contributed by atoms with Crippen molar-refractivity contribution in [3.8, 4) is 0 Å². The van der Waals surface area contributed by atoms with Crippen LogP contribution in [0.1, 0.15) is 18.0 Å². The molecule has 0 spiro atoms. The molecule has 3 rings (SSSR count). The number of nitrogens with one attached hydrogen (secondary N) is 2. The number of rotatable bonds is 6. The van der Waals surface area contributed by atoms with Crippen molar-refractivity contribution >= 4 is 35.6 Å². The zero-order chi connectivity index (χ0) is 19.1. The Morgan fingerprint density at radius 3 is 2.36 bits per heavy atom. The van der Waals surface area contributed by atoms with E-state index < -0.39 is 0 Å². The third kappa shape index (κ3) is 6.10. The maximum absolute atomic E-state index is 4.43. The third-order valence-corrected chi connectivity index (χ3v) is 5.14. The average Bonchev–Trinajstić information content (AvgIpc) is 3.17. The maximum atomic E-state index is 4.43. The molecule has 1 aliphatic rings. The standard InChI is InChI=1S/C22H31N5.HI/c1-23-22(24-16-21(26(2)3)18-10-6-4-7-11-18)25-19-14-15-27(17-19)20-12-8-5-9-13-20;/h4-13,19,21H,14-17H2,1-3H3,(H2,23,24,25);1H. The van der Waals surface area contributed by atoms with E-state index in [0.29, 0.717) is 12.1 Å². The zero-order valence-electron chi connectivity index (χ0n) is 17.0. The molecule has 2 unspecified atom stereocenters. The van der Waals surface area contributed by atoms with E-state index in [2.05, 4.69) is 100 Å². The predicted octanol–water partition coefficient (Wildman–Crippen LogP) is 3.35. The van der Waals surface area contributed by atoms with Gasteiger partial charge in [-0.15, -0.1) is 24.0 Å². The molecule has 0 bridgehead atoms. The second kappa shape index (κ2) is 11.3. The number of hydrogen-bond donors (Lipinski definition) is 2. The molecular formula is C22H32IN5. The van der Waals surface area contributed by atoms with E-state index in [1.165, 1.54) is 11.3 Å². The van der Waals surface area contributed by atoms with Gasteiger partial charge in [-0.05, 0) is 38.2 Å². The molecular weight excluding hydrogens is 461 g/mol. The van der Waals surface area contributed by atoms with Crippen LogP contribution in [-0.2, 0) is 0 Å². The normalized spacial score (nSPS) is 17.9. The summed E-state index contributed by atoms with van der Waals surface area (Å²) in [6, 6.07) is 21.9. The van der Waals surface area contributed by atoms with Gasteiger partial charge in [0.1, 0.15) is 0 Å². The van der Waals surface area contributed by atoms with Gasteiger partial charge in [-0.3, -0.25) is 4.99 Å². The molecule has 1 fully saturated rings. The first-order valence-electron chi connectivity index (χ1n) is 9.66. The van der Waals surface area contributed by atoms with Gasteiger partial charge in [-0.25, -0.2) is 0 Å². The van der Waals surface area contributed by atoms with Crippen LogP contribution in [0.2, 0.25) is 0 Å². The lowest BCUT2D eigenvalue weighted by molar-refractivity contribution is 0.298. The summed E-state index contributed by atoms with van der Waals surface area (Å²) in [5.41, 5.74) is 2.60. The molecule has 28 heavy (non-hydrogen) atoms. The van der Waals surface area contributed by atoms with Crippen LogP contribution in [0.5, 0.6) is 0 Å². The molecule has 2 aromatic carbocycles. The van der Waals surface area contributed by atoms with Gasteiger partial charge in [0, 0.05) is 38.4 Å². The van der Waals surface area contributed by atoms with E-state index in [-0.39, 0.29) is 24.0 Å². The SMILES string of the molecule is CN=C(NCC(c1ccccc1)N(C)C)NC1CCN(c2ccccc2)C1.I. The number of guanidine groups is 1. The highest BCUT2D eigenvalue weighted by Crippen LogP contribution is 2.20. The lowest BCUT2D eigenvalue weighted by Crippen LogP contribution is -2.46. The highest BCUT2D eigenvalue weighted by atomic mass is 127. The molecule has 0 radical (unpaired) electrons. The van der Waals surface area contributed by atoms with Crippen molar-refractivity contribution < 1.29 is 0 Å². The Hall–Kier alpha value is -1.80. The average molecular weight is 493 g/mol. The van der Waals surface area contributed by atoms with Crippen LogP contribution in [0.3, 0.4) is 0 Å². The molecule has 1 aliphatic heterocycles. The Morgan fingerprint density at radius 1 is 1.11 bits per heavy atom. The van der Waals surface area contributed by atoms with Crippen molar-refractivity contribution in [3.63, 3.8) is 0 Å². The first-order chi connectivity index (χ1) is 13.2. The van der Waals surface area contributed by atoms with E-state index in [1.54, 1.807) is 0 Å². The van der Waals surface area contributed by atoms with Crippen molar-refractivity contribution in [2.45, 2.75) is 18.5 Å². The summed E-state index contributed by atoms with van der Waals surface area (Å²) in [4.78, 5) is 9.10. The van der Waals surface area contributed by atoms with Gasteiger partial charge in [0.2, 0.25) is 0 Å². The summed E-state index contributed by atoms with van der Waals surface area (Å²) < 4.78 is 0. The van der Waals surface area contributed by atoms with Crippen LogP contribution in [0.15, 0.2) is 65.7 Å². The Labute approximate surface area is 186 Å². The summed E-state index contributed by atoms with van der Waals surface area (Å²) in [6.45, 7) is 2.88. The Balaban J connectivity index is 0.00000280. The number of aliphatic imine (C=N–C) groups is 1. The van der Waals surface area contributed by atoms with Crippen molar-refractivity contribution in [2.24, 2.45) is 4.99 Å². The summed E-state index contributed by atoms with van der Waals surface area (Å²) >= 11 is 0. The minimum absolute atomic E-state index is 0. The van der Waals surface area contributed by atoms with E-state index in [1.807, 2.05) is 7.05 Å². The monoisotopic (exact) mass is 493 g/mol. The van der Waals surface area contributed by atoms with Gasteiger partial charge in [-0.1, -0.05) is 48.5 Å². The van der Waals surface area contributed by atoms with Crippen LogP contribution >= 0.6 is 24.0 Å². The number of likely N-dealkylation sites (N-methyl/N-ethyl adjacent to an activating group) is 1. The molecule has 2 aromatic rings. The van der Waals surface area contributed by atoms with Gasteiger partial charge in [0.05, 0.1) is 6.04 Å². The number of para-hydroxylation sites is 1. The van der Waals surface area contributed by atoms with Gasteiger partial charge >= 0.3 is 0 Å². The topological polar surface area (TPSA) is 42.9 Å². The van der Waals surface area contributed by atoms with Crippen molar-refractivity contribution in [3.05, 3.63) is 66.2 Å². The molecule has 6 heteroatoms. The molecule has 1 saturated heterocycles. The number of halogens is 1. The highest BCUT2D eigenvalue weighted by Gasteiger charge is 2.23. The molecule has 5 nitrogen and oxygen atoms in total. The first-order valence-corrected chi connectivity index (χ1v) is 9.66. The second-order valence-corrected chi connectivity index (χ2v) is 7.25. The number of nitrogens with zero attached hydrogens (tertiary/aromatic N) is 3. The molecule has 152 valence electrons. The molecule has 0 saturated carbocycles. The Morgan fingerprint density at radius 2 is 1.75 bits per heavy atom. The molecule has 0 amide bonds.